The molecule has 7 nitrogen and oxygen atoms in total. The molecule has 3 heterocycles. The number of hydrogen-bond donors (Lipinski definition) is 2. The highest BCUT2D eigenvalue weighted by molar-refractivity contribution is 5.93. The predicted molar refractivity (Wildman–Crippen MR) is 80.9 cm³/mol. The highest BCUT2D eigenvalue weighted by Crippen LogP contribution is 2.29. The van der Waals surface area contributed by atoms with Gasteiger partial charge in [-0.25, -0.2) is 4.98 Å². The van der Waals surface area contributed by atoms with Gasteiger partial charge in [0, 0.05) is 30.6 Å². The number of nitrogens with one attached hydrogen (secondary N) is 2. The van der Waals surface area contributed by atoms with E-state index in [0.717, 1.165) is 5.56 Å². The molecule has 0 saturated carbocycles. The van der Waals surface area contributed by atoms with Crippen molar-refractivity contribution in [3.05, 3.63) is 47.4 Å². The minimum absolute atomic E-state index is 0.147. The Morgan fingerprint density at radius 1 is 1.57 bits per heavy atom. The van der Waals surface area contributed by atoms with Crippen LogP contribution in [0.25, 0.3) is 0 Å². The van der Waals surface area contributed by atoms with Crippen LogP contribution in [0.2, 0.25) is 0 Å². The Morgan fingerprint density at radius 3 is 3.09 bits per heavy atom. The van der Waals surface area contributed by atoms with E-state index < -0.39 is 0 Å². The molecule has 1 fully saturated rings. The van der Waals surface area contributed by atoms with Crippen molar-refractivity contribution in [3.8, 4) is 11.9 Å². The average Bonchev–Trinajstić information content (AvgIpc) is 3.24. The topological polar surface area (TPSA) is 100 Å². The number of amides is 1. The van der Waals surface area contributed by atoms with Gasteiger partial charge in [-0.1, -0.05) is 0 Å². The van der Waals surface area contributed by atoms with Gasteiger partial charge in [0.15, 0.2) is 0 Å². The maximum Gasteiger partial charge on any atom is 0.268 e. The van der Waals surface area contributed by atoms with Crippen LogP contribution in [0.3, 0.4) is 0 Å². The molecule has 118 valence electrons. The summed E-state index contributed by atoms with van der Waals surface area (Å²) in [5.74, 6) is 0.274. The summed E-state index contributed by atoms with van der Waals surface area (Å²) in [6, 6.07) is 7.00. The molecular formula is C16H16N4O3. The number of H-pyrrole nitrogens is 1. The van der Waals surface area contributed by atoms with Crippen LogP contribution in [0.4, 0.5) is 0 Å². The van der Waals surface area contributed by atoms with Gasteiger partial charge in [0.05, 0.1) is 18.7 Å². The van der Waals surface area contributed by atoms with E-state index in [2.05, 4.69) is 15.3 Å². The van der Waals surface area contributed by atoms with Crippen molar-refractivity contribution in [2.24, 2.45) is 0 Å². The first-order valence-corrected chi connectivity index (χ1v) is 7.22. The first kappa shape index (κ1) is 15.1. The molecule has 2 N–H and O–H groups in total. The van der Waals surface area contributed by atoms with E-state index in [1.165, 1.54) is 12.3 Å². The Morgan fingerprint density at radius 2 is 2.43 bits per heavy atom. The smallest absolute Gasteiger partial charge is 0.268 e. The minimum atomic E-state index is -0.256. The van der Waals surface area contributed by atoms with Crippen LogP contribution in [0, 0.1) is 11.3 Å². The molecule has 1 aliphatic rings. The molecule has 0 aliphatic carbocycles. The molecule has 1 amide bonds. The normalized spacial score (nSPS) is 20.0. The van der Waals surface area contributed by atoms with Crippen LogP contribution in [0.5, 0.6) is 5.88 Å². The van der Waals surface area contributed by atoms with Gasteiger partial charge >= 0.3 is 0 Å². The van der Waals surface area contributed by atoms with Crippen molar-refractivity contribution < 1.29 is 14.3 Å². The van der Waals surface area contributed by atoms with E-state index in [-0.39, 0.29) is 18.1 Å². The largest absolute Gasteiger partial charge is 0.481 e. The zero-order valence-electron chi connectivity index (χ0n) is 12.6. The Hall–Kier alpha value is -2.85. The molecule has 2 aromatic heterocycles. The molecule has 3 rings (SSSR count). The first-order valence-electron chi connectivity index (χ1n) is 7.22. The summed E-state index contributed by atoms with van der Waals surface area (Å²) < 4.78 is 10.8. The van der Waals surface area contributed by atoms with Gasteiger partial charge in [-0.05, 0) is 18.6 Å². The summed E-state index contributed by atoms with van der Waals surface area (Å²) in [6.07, 6.45) is 3.66. The van der Waals surface area contributed by atoms with E-state index in [9.17, 15) is 4.79 Å². The fourth-order valence-corrected chi connectivity index (χ4v) is 2.58. The lowest BCUT2D eigenvalue weighted by Crippen LogP contribution is -2.37. The van der Waals surface area contributed by atoms with Crippen molar-refractivity contribution in [1.82, 2.24) is 15.3 Å². The Labute approximate surface area is 133 Å². The molecule has 7 heteroatoms. The fraction of sp³-hybridized carbons (Fsp3) is 0.312. The predicted octanol–water partition coefficient (Wildman–Crippen LogP) is 1.55. The highest BCUT2D eigenvalue weighted by Gasteiger charge is 2.31. The number of ether oxygens (including phenoxy) is 2. The maximum atomic E-state index is 12.3. The second-order valence-corrected chi connectivity index (χ2v) is 5.21. The summed E-state index contributed by atoms with van der Waals surface area (Å²) in [6.45, 7) is 0.565. The third-order valence-corrected chi connectivity index (χ3v) is 3.76. The van der Waals surface area contributed by atoms with E-state index in [1.54, 1.807) is 19.4 Å². The molecule has 1 aliphatic heterocycles. The van der Waals surface area contributed by atoms with E-state index in [4.69, 9.17) is 14.7 Å². The van der Waals surface area contributed by atoms with Gasteiger partial charge in [-0.15, -0.1) is 0 Å². The third kappa shape index (κ3) is 3.17. The molecular weight excluding hydrogens is 296 g/mol. The standard InChI is InChI=1S/C16H16N4O3/c1-22-14-3-2-11(9-19-14)15-12(4-5-23-15)20-16(21)13-6-10(7-17)8-18-13/h2-3,6,8-9,12,15,18H,4-5H2,1H3,(H,20,21)/t12-,15+/m0/s1. The summed E-state index contributed by atoms with van der Waals surface area (Å²) >= 11 is 0. The molecule has 0 spiro atoms. The van der Waals surface area contributed by atoms with Gasteiger partial charge < -0.3 is 19.8 Å². The van der Waals surface area contributed by atoms with Crippen LogP contribution in [-0.4, -0.2) is 35.6 Å². The number of pyridine rings is 1. The number of rotatable bonds is 4. The van der Waals surface area contributed by atoms with E-state index in [1.807, 2.05) is 12.1 Å². The number of nitriles is 1. The number of nitrogens with zero attached hydrogens (tertiary/aromatic N) is 2. The van der Waals surface area contributed by atoms with Crippen molar-refractivity contribution >= 4 is 5.91 Å². The van der Waals surface area contributed by atoms with Crippen LogP contribution in [-0.2, 0) is 4.74 Å². The maximum absolute atomic E-state index is 12.3. The zero-order chi connectivity index (χ0) is 16.2. The third-order valence-electron chi connectivity index (χ3n) is 3.76. The van der Waals surface area contributed by atoms with Crippen LogP contribution < -0.4 is 10.1 Å². The summed E-state index contributed by atoms with van der Waals surface area (Å²) in [5.41, 5.74) is 1.67. The lowest BCUT2D eigenvalue weighted by atomic mass is 10.0. The number of carbonyl (C=O) groups is 1. The second-order valence-electron chi connectivity index (χ2n) is 5.21. The second kappa shape index (κ2) is 6.50. The number of hydrogen-bond acceptors (Lipinski definition) is 5. The van der Waals surface area contributed by atoms with Gasteiger partial charge in [0.25, 0.3) is 5.91 Å². The molecule has 2 aromatic rings. The van der Waals surface area contributed by atoms with Crippen molar-refractivity contribution in [3.63, 3.8) is 0 Å². The first-order chi connectivity index (χ1) is 11.2. The molecule has 0 unspecified atom stereocenters. The van der Waals surface area contributed by atoms with Crippen molar-refractivity contribution in [2.75, 3.05) is 13.7 Å². The van der Waals surface area contributed by atoms with Crippen molar-refractivity contribution in [2.45, 2.75) is 18.6 Å². The van der Waals surface area contributed by atoms with Gasteiger partial charge in [-0.3, -0.25) is 4.79 Å². The number of aromatic nitrogens is 2. The zero-order valence-corrected chi connectivity index (χ0v) is 12.6. The van der Waals surface area contributed by atoms with E-state index in [0.29, 0.717) is 30.2 Å². The lowest BCUT2D eigenvalue weighted by molar-refractivity contribution is 0.0817. The Bertz CT molecular complexity index is 733. The summed E-state index contributed by atoms with van der Waals surface area (Å²) in [5, 5.41) is 11.8. The van der Waals surface area contributed by atoms with Crippen molar-refractivity contribution in [1.29, 1.82) is 5.26 Å². The monoisotopic (exact) mass is 312 g/mol. The molecule has 1 saturated heterocycles. The highest BCUT2D eigenvalue weighted by atomic mass is 16.5. The van der Waals surface area contributed by atoms with Crippen LogP contribution in [0.1, 0.15) is 34.1 Å². The van der Waals surface area contributed by atoms with Crippen LogP contribution >= 0.6 is 0 Å². The molecule has 23 heavy (non-hydrogen) atoms. The molecule has 0 radical (unpaired) electrons. The van der Waals surface area contributed by atoms with Gasteiger partial charge in [0.1, 0.15) is 17.9 Å². The molecule has 0 bridgehead atoms. The Balaban J connectivity index is 1.71. The lowest BCUT2D eigenvalue weighted by Gasteiger charge is -2.19. The average molecular weight is 312 g/mol. The number of aromatic amines is 1. The SMILES string of the molecule is COc1ccc([C@H]2OCC[C@@H]2NC(=O)c2cc(C#N)c[nH]2)cn1. The summed E-state index contributed by atoms with van der Waals surface area (Å²) in [7, 11) is 1.56. The molecule has 0 aromatic carbocycles. The van der Waals surface area contributed by atoms with Crippen LogP contribution in [0.15, 0.2) is 30.6 Å². The summed E-state index contributed by atoms with van der Waals surface area (Å²) in [4.78, 5) is 19.2. The fourth-order valence-electron chi connectivity index (χ4n) is 2.58. The van der Waals surface area contributed by atoms with Gasteiger partial charge in [0.2, 0.25) is 5.88 Å². The quantitative estimate of drug-likeness (QED) is 0.892. The Kier molecular flexibility index (Phi) is 4.26. The number of carbonyl (C=O) groups excluding carboxylic acids is 1. The van der Waals surface area contributed by atoms with E-state index >= 15 is 0 Å². The van der Waals surface area contributed by atoms with Gasteiger partial charge in [-0.2, -0.15) is 5.26 Å². The minimum Gasteiger partial charge on any atom is -0.481 e. The molecule has 2 atom stereocenters. The number of methoxy groups -OCH3 is 1.